The van der Waals surface area contributed by atoms with E-state index in [1.54, 1.807) is 6.08 Å². The second-order valence-electron chi connectivity index (χ2n) is 4.67. The lowest BCUT2D eigenvalue weighted by Crippen LogP contribution is -2.22. The zero-order valence-corrected chi connectivity index (χ0v) is 11.9. The lowest BCUT2D eigenvalue weighted by molar-refractivity contribution is -0.121. The summed E-state index contributed by atoms with van der Waals surface area (Å²) in [5, 5.41) is 2.88. The molecule has 21 heavy (non-hydrogen) atoms. The number of ether oxygens (including phenoxy) is 1. The molecule has 0 aliphatic rings. The van der Waals surface area contributed by atoms with E-state index in [0.717, 1.165) is 17.1 Å². The van der Waals surface area contributed by atoms with Gasteiger partial charge in [0.1, 0.15) is 11.5 Å². The Hall–Kier alpha value is -2.55. The Morgan fingerprint density at radius 1 is 1.10 bits per heavy atom. The van der Waals surface area contributed by atoms with E-state index in [4.69, 9.17) is 4.74 Å². The van der Waals surface area contributed by atoms with Crippen LogP contribution >= 0.6 is 0 Å². The van der Waals surface area contributed by atoms with Crippen LogP contribution in [0.3, 0.4) is 0 Å². The van der Waals surface area contributed by atoms with Crippen LogP contribution in [-0.4, -0.2) is 5.91 Å². The maximum Gasteiger partial charge on any atom is 0.220 e. The van der Waals surface area contributed by atoms with E-state index < -0.39 is 0 Å². The van der Waals surface area contributed by atoms with Gasteiger partial charge in [0, 0.05) is 13.0 Å². The molecule has 0 saturated heterocycles. The number of rotatable bonds is 7. The normalized spacial score (nSPS) is 9.90. The molecule has 2 aromatic carbocycles. The summed E-state index contributed by atoms with van der Waals surface area (Å²) in [5.41, 5.74) is 1.01. The predicted molar refractivity (Wildman–Crippen MR) is 84.2 cm³/mol. The molecule has 1 amide bonds. The Kier molecular flexibility index (Phi) is 5.59. The Balaban J connectivity index is 1.92. The van der Waals surface area contributed by atoms with Gasteiger partial charge in [-0.05, 0) is 36.2 Å². The average Bonchev–Trinajstić information content (AvgIpc) is 2.52. The number of benzene rings is 2. The fraction of sp³-hybridized carbons (Fsp3) is 0.167. The number of amides is 1. The van der Waals surface area contributed by atoms with Crippen LogP contribution in [0, 0.1) is 0 Å². The van der Waals surface area contributed by atoms with Gasteiger partial charge >= 0.3 is 0 Å². The monoisotopic (exact) mass is 281 g/mol. The third kappa shape index (κ3) is 5.15. The predicted octanol–water partition coefficient (Wildman–Crippen LogP) is 4.06. The van der Waals surface area contributed by atoms with Gasteiger partial charge in [0.25, 0.3) is 0 Å². The molecule has 0 saturated carbocycles. The van der Waals surface area contributed by atoms with Gasteiger partial charge < -0.3 is 10.1 Å². The van der Waals surface area contributed by atoms with Gasteiger partial charge in [-0.1, -0.05) is 36.4 Å². The van der Waals surface area contributed by atoms with E-state index >= 15 is 0 Å². The van der Waals surface area contributed by atoms with Crippen LogP contribution in [0.15, 0.2) is 67.3 Å². The SMILES string of the molecule is C=CCCC(=O)NCc1cccc(Oc2ccccc2)c1. The topological polar surface area (TPSA) is 38.3 Å². The van der Waals surface area contributed by atoms with Crippen molar-refractivity contribution in [2.75, 3.05) is 0 Å². The average molecular weight is 281 g/mol. The van der Waals surface area contributed by atoms with Crippen molar-refractivity contribution in [2.45, 2.75) is 19.4 Å². The van der Waals surface area contributed by atoms with Crippen molar-refractivity contribution in [3.63, 3.8) is 0 Å². The standard InChI is InChI=1S/C18H19NO2/c1-2-3-12-18(20)19-14-15-8-7-11-17(13-15)21-16-9-5-4-6-10-16/h2,4-11,13H,1,3,12,14H2,(H,19,20). The second kappa shape index (κ2) is 7.90. The molecule has 0 bridgehead atoms. The minimum absolute atomic E-state index is 0.0317. The van der Waals surface area contributed by atoms with E-state index in [-0.39, 0.29) is 5.91 Å². The minimum Gasteiger partial charge on any atom is -0.457 e. The summed E-state index contributed by atoms with van der Waals surface area (Å²) >= 11 is 0. The van der Waals surface area contributed by atoms with Crippen molar-refractivity contribution in [2.24, 2.45) is 0 Å². The van der Waals surface area contributed by atoms with Crippen LogP contribution in [0.4, 0.5) is 0 Å². The summed E-state index contributed by atoms with van der Waals surface area (Å²) in [6, 6.07) is 17.3. The number of allylic oxidation sites excluding steroid dienone is 1. The molecule has 0 fully saturated rings. The quantitative estimate of drug-likeness (QED) is 0.777. The first kappa shape index (κ1) is 14.9. The molecule has 2 aromatic rings. The van der Waals surface area contributed by atoms with E-state index in [2.05, 4.69) is 11.9 Å². The molecule has 0 aliphatic heterocycles. The van der Waals surface area contributed by atoms with Gasteiger partial charge in [0.05, 0.1) is 0 Å². The molecule has 0 radical (unpaired) electrons. The Bertz CT molecular complexity index is 593. The fourth-order valence-electron chi connectivity index (χ4n) is 1.87. The second-order valence-corrected chi connectivity index (χ2v) is 4.67. The zero-order chi connectivity index (χ0) is 14.9. The van der Waals surface area contributed by atoms with Gasteiger partial charge in [-0.15, -0.1) is 6.58 Å². The van der Waals surface area contributed by atoms with E-state index in [1.807, 2.05) is 54.6 Å². The number of carbonyl (C=O) groups excluding carboxylic acids is 1. The maximum atomic E-state index is 11.6. The molecule has 0 aromatic heterocycles. The molecule has 108 valence electrons. The summed E-state index contributed by atoms with van der Waals surface area (Å²) in [4.78, 5) is 11.6. The van der Waals surface area contributed by atoms with Gasteiger partial charge in [-0.25, -0.2) is 0 Å². The smallest absolute Gasteiger partial charge is 0.220 e. The highest BCUT2D eigenvalue weighted by Gasteiger charge is 2.02. The van der Waals surface area contributed by atoms with Gasteiger partial charge in [-0.3, -0.25) is 4.79 Å². The highest BCUT2D eigenvalue weighted by Crippen LogP contribution is 2.21. The number of hydrogen-bond acceptors (Lipinski definition) is 2. The van der Waals surface area contributed by atoms with E-state index in [9.17, 15) is 4.79 Å². The maximum absolute atomic E-state index is 11.6. The minimum atomic E-state index is 0.0317. The van der Waals surface area contributed by atoms with Crippen molar-refractivity contribution in [3.8, 4) is 11.5 Å². The molecular weight excluding hydrogens is 262 g/mol. The molecule has 3 nitrogen and oxygen atoms in total. The largest absolute Gasteiger partial charge is 0.457 e. The third-order valence-corrected chi connectivity index (χ3v) is 2.94. The van der Waals surface area contributed by atoms with Crippen molar-refractivity contribution in [1.82, 2.24) is 5.32 Å². The van der Waals surface area contributed by atoms with E-state index in [0.29, 0.717) is 19.4 Å². The number of para-hydroxylation sites is 1. The molecular formula is C18H19NO2. The summed E-state index contributed by atoms with van der Waals surface area (Å²) in [5.74, 6) is 1.59. The number of carbonyl (C=O) groups is 1. The van der Waals surface area contributed by atoms with Gasteiger partial charge in [0.2, 0.25) is 5.91 Å². The van der Waals surface area contributed by atoms with Crippen LogP contribution in [-0.2, 0) is 11.3 Å². The Morgan fingerprint density at radius 3 is 2.62 bits per heavy atom. The fourth-order valence-corrected chi connectivity index (χ4v) is 1.87. The van der Waals surface area contributed by atoms with Crippen LogP contribution in [0.2, 0.25) is 0 Å². The summed E-state index contributed by atoms with van der Waals surface area (Å²) < 4.78 is 5.76. The third-order valence-electron chi connectivity index (χ3n) is 2.94. The molecule has 0 unspecified atom stereocenters. The van der Waals surface area contributed by atoms with Crippen molar-refractivity contribution >= 4 is 5.91 Å². The van der Waals surface area contributed by atoms with Crippen LogP contribution in [0.1, 0.15) is 18.4 Å². The molecule has 0 atom stereocenters. The lowest BCUT2D eigenvalue weighted by Gasteiger charge is -2.08. The van der Waals surface area contributed by atoms with Crippen molar-refractivity contribution in [1.29, 1.82) is 0 Å². The van der Waals surface area contributed by atoms with Crippen LogP contribution < -0.4 is 10.1 Å². The Labute approximate surface area is 125 Å². The van der Waals surface area contributed by atoms with Crippen molar-refractivity contribution in [3.05, 3.63) is 72.8 Å². The zero-order valence-electron chi connectivity index (χ0n) is 11.9. The van der Waals surface area contributed by atoms with Crippen LogP contribution in [0.5, 0.6) is 11.5 Å². The van der Waals surface area contributed by atoms with E-state index in [1.165, 1.54) is 0 Å². The molecule has 0 heterocycles. The lowest BCUT2D eigenvalue weighted by atomic mass is 10.2. The first-order chi connectivity index (χ1) is 10.3. The molecule has 0 spiro atoms. The van der Waals surface area contributed by atoms with Crippen LogP contribution in [0.25, 0.3) is 0 Å². The molecule has 3 heteroatoms. The summed E-state index contributed by atoms with van der Waals surface area (Å²) in [6.07, 6.45) is 2.92. The summed E-state index contributed by atoms with van der Waals surface area (Å²) in [7, 11) is 0. The summed E-state index contributed by atoms with van der Waals surface area (Å²) in [6.45, 7) is 4.11. The Morgan fingerprint density at radius 2 is 1.86 bits per heavy atom. The van der Waals surface area contributed by atoms with Gasteiger partial charge in [-0.2, -0.15) is 0 Å². The first-order valence-corrected chi connectivity index (χ1v) is 6.97. The molecule has 2 rings (SSSR count). The first-order valence-electron chi connectivity index (χ1n) is 6.97. The van der Waals surface area contributed by atoms with Crippen molar-refractivity contribution < 1.29 is 9.53 Å². The highest BCUT2D eigenvalue weighted by atomic mass is 16.5. The molecule has 0 aliphatic carbocycles. The molecule has 1 N–H and O–H groups in total. The number of hydrogen-bond donors (Lipinski definition) is 1. The number of nitrogens with one attached hydrogen (secondary N) is 1. The van der Waals surface area contributed by atoms with Gasteiger partial charge in [0.15, 0.2) is 0 Å². The highest BCUT2D eigenvalue weighted by molar-refractivity contribution is 5.75.